The first kappa shape index (κ1) is 13.5. The molecule has 0 aliphatic carbocycles. The highest BCUT2D eigenvalue weighted by molar-refractivity contribution is 5.79. The molecule has 2 aromatic rings. The number of carbonyl (C=O) groups is 1. The maximum Gasteiger partial charge on any atom is 0.220 e. The van der Waals surface area contributed by atoms with Crippen LogP contribution in [0.3, 0.4) is 0 Å². The second-order valence-corrected chi connectivity index (χ2v) is 4.81. The fourth-order valence-corrected chi connectivity index (χ4v) is 1.97. The van der Waals surface area contributed by atoms with Gasteiger partial charge in [-0.3, -0.25) is 4.79 Å². The Morgan fingerprint density at radius 3 is 3.00 bits per heavy atom. The van der Waals surface area contributed by atoms with E-state index in [4.69, 9.17) is 5.11 Å². The van der Waals surface area contributed by atoms with Crippen LogP contribution >= 0.6 is 0 Å². The number of amides is 1. The molecule has 0 aliphatic rings. The van der Waals surface area contributed by atoms with E-state index >= 15 is 0 Å². The minimum atomic E-state index is -0.203. The summed E-state index contributed by atoms with van der Waals surface area (Å²) in [5.74, 6) is 0.745. The highest BCUT2D eigenvalue weighted by Crippen LogP contribution is 2.15. The van der Waals surface area contributed by atoms with Gasteiger partial charge < -0.3 is 15.4 Å². The zero-order valence-electron chi connectivity index (χ0n) is 11.2. The van der Waals surface area contributed by atoms with Crippen LogP contribution in [0.2, 0.25) is 0 Å². The van der Waals surface area contributed by atoms with Crippen LogP contribution in [-0.4, -0.2) is 33.6 Å². The van der Waals surface area contributed by atoms with Crippen LogP contribution in [0, 0.1) is 6.92 Å². The first-order valence-electron chi connectivity index (χ1n) is 6.44. The fraction of sp³-hybridized carbons (Fsp3) is 0.429. The monoisotopic (exact) mass is 261 g/mol. The average molecular weight is 261 g/mol. The van der Waals surface area contributed by atoms with Crippen molar-refractivity contribution in [2.45, 2.75) is 32.7 Å². The smallest absolute Gasteiger partial charge is 0.220 e. The lowest BCUT2D eigenvalue weighted by Gasteiger charge is -2.09. The first-order chi connectivity index (χ1) is 9.10. The molecule has 2 rings (SSSR count). The molecule has 0 spiro atoms. The van der Waals surface area contributed by atoms with Crippen molar-refractivity contribution >= 4 is 16.9 Å². The number of H-pyrrole nitrogens is 1. The van der Waals surface area contributed by atoms with Crippen LogP contribution in [0.1, 0.15) is 24.7 Å². The maximum atomic E-state index is 11.6. The largest absolute Gasteiger partial charge is 0.394 e. The Hall–Kier alpha value is -1.88. The second-order valence-electron chi connectivity index (χ2n) is 4.81. The van der Waals surface area contributed by atoms with Crippen LogP contribution in [0.25, 0.3) is 11.0 Å². The summed E-state index contributed by atoms with van der Waals surface area (Å²) in [4.78, 5) is 19.3. The number of hydrogen-bond donors (Lipinski definition) is 3. The van der Waals surface area contributed by atoms with Crippen LogP contribution in [0.4, 0.5) is 0 Å². The van der Waals surface area contributed by atoms with E-state index in [0.29, 0.717) is 12.8 Å². The number of nitrogens with one attached hydrogen (secondary N) is 2. The molecule has 0 aliphatic heterocycles. The molecule has 1 heterocycles. The normalized spacial score (nSPS) is 12.6. The Morgan fingerprint density at radius 1 is 1.53 bits per heavy atom. The molecule has 1 aromatic carbocycles. The summed E-state index contributed by atoms with van der Waals surface area (Å²) < 4.78 is 0. The Kier molecular flexibility index (Phi) is 4.16. The van der Waals surface area contributed by atoms with Gasteiger partial charge in [-0.05, 0) is 25.5 Å². The topological polar surface area (TPSA) is 78.0 Å². The number of carbonyl (C=O) groups excluding carboxylic acids is 1. The summed E-state index contributed by atoms with van der Waals surface area (Å²) in [5.41, 5.74) is 3.08. The van der Waals surface area contributed by atoms with Gasteiger partial charge in [-0.15, -0.1) is 0 Å². The van der Waals surface area contributed by atoms with Crippen molar-refractivity contribution in [2.75, 3.05) is 6.61 Å². The van der Waals surface area contributed by atoms with E-state index in [0.717, 1.165) is 22.4 Å². The van der Waals surface area contributed by atoms with Gasteiger partial charge in [0.15, 0.2) is 0 Å². The predicted molar refractivity (Wildman–Crippen MR) is 73.8 cm³/mol. The quantitative estimate of drug-likeness (QED) is 0.759. The third-order valence-corrected chi connectivity index (χ3v) is 3.03. The van der Waals surface area contributed by atoms with Crippen molar-refractivity contribution in [1.29, 1.82) is 0 Å². The number of imidazole rings is 1. The molecule has 5 nitrogen and oxygen atoms in total. The lowest BCUT2D eigenvalue weighted by atomic mass is 10.2. The van der Waals surface area contributed by atoms with Crippen molar-refractivity contribution in [3.8, 4) is 0 Å². The molecule has 3 N–H and O–H groups in total. The summed E-state index contributed by atoms with van der Waals surface area (Å²) in [5, 5.41) is 11.6. The summed E-state index contributed by atoms with van der Waals surface area (Å²) in [7, 11) is 0. The van der Waals surface area contributed by atoms with E-state index in [9.17, 15) is 4.79 Å². The number of nitrogens with zero attached hydrogens (tertiary/aromatic N) is 1. The third-order valence-electron chi connectivity index (χ3n) is 3.03. The number of aliphatic hydroxyl groups is 1. The van der Waals surface area contributed by atoms with E-state index in [-0.39, 0.29) is 18.6 Å². The van der Waals surface area contributed by atoms with Gasteiger partial charge in [0.05, 0.1) is 17.6 Å². The highest BCUT2D eigenvalue weighted by Gasteiger charge is 2.09. The molecule has 102 valence electrons. The van der Waals surface area contributed by atoms with Gasteiger partial charge >= 0.3 is 0 Å². The molecule has 0 saturated heterocycles. The van der Waals surface area contributed by atoms with E-state index < -0.39 is 0 Å². The van der Waals surface area contributed by atoms with Gasteiger partial charge in [0.1, 0.15) is 5.82 Å². The highest BCUT2D eigenvalue weighted by atomic mass is 16.3. The van der Waals surface area contributed by atoms with Gasteiger partial charge in [-0.2, -0.15) is 0 Å². The number of aliphatic hydroxyl groups excluding tert-OH is 1. The number of aromatic nitrogens is 2. The molecule has 5 heteroatoms. The molecule has 0 bridgehead atoms. The van der Waals surface area contributed by atoms with Crippen molar-refractivity contribution in [3.63, 3.8) is 0 Å². The average Bonchev–Trinajstić information content (AvgIpc) is 2.81. The van der Waals surface area contributed by atoms with Crippen LogP contribution in [0.15, 0.2) is 18.2 Å². The molecule has 0 fully saturated rings. The Bertz CT molecular complexity index is 577. The first-order valence-corrected chi connectivity index (χ1v) is 6.44. The van der Waals surface area contributed by atoms with E-state index in [1.54, 1.807) is 6.92 Å². The summed E-state index contributed by atoms with van der Waals surface area (Å²) in [6, 6.07) is 5.77. The van der Waals surface area contributed by atoms with Crippen molar-refractivity contribution in [3.05, 3.63) is 29.6 Å². The summed E-state index contributed by atoms with van der Waals surface area (Å²) >= 11 is 0. The zero-order chi connectivity index (χ0) is 13.8. The predicted octanol–water partition coefficient (Wildman–Crippen LogP) is 1.30. The maximum absolute atomic E-state index is 11.6. The van der Waals surface area contributed by atoms with Gasteiger partial charge in [0.2, 0.25) is 5.91 Å². The molecule has 1 unspecified atom stereocenters. The second kappa shape index (κ2) is 5.84. The molecular weight excluding hydrogens is 242 g/mol. The number of para-hydroxylation sites is 1. The van der Waals surface area contributed by atoms with Gasteiger partial charge in [-0.25, -0.2) is 4.98 Å². The molecular formula is C14H19N3O2. The SMILES string of the molecule is Cc1cccc2[nH]c(CCC(=O)NC(C)CO)nc12. The van der Waals surface area contributed by atoms with E-state index in [1.165, 1.54) is 0 Å². The van der Waals surface area contributed by atoms with Crippen molar-refractivity contribution in [2.24, 2.45) is 0 Å². The summed E-state index contributed by atoms with van der Waals surface area (Å²) in [6.45, 7) is 3.74. The molecule has 1 aromatic heterocycles. The van der Waals surface area contributed by atoms with Crippen LogP contribution in [-0.2, 0) is 11.2 Å². The van der Waals surface area contributed by atoms with Crippen LogP contribution in [0.5, 0.6) is 0 Å². The molecule has 0 radical (unpaired) electrons. The lowest BCUT2D eigenvalue weighted by Crippen LogP contribution is -2.35. The Labute approximate surface area is 112 Å². The van der Waals surface area contributed by atoms with Crippen LogP contribution < -0.4 is 5.32 Å². The van der Waals surface area contributed by atoms with Gasteiger partial charge in [0, 0.05) is 18.9 Å². The zero-order valence-corrected chi connectivity index (χ0v) is 11.2. The van der Waals surface area contributed by atoms with Crippen molar-refractivity contribution < 1.29 is 9.90 Å². The number of fused-ring (bicyclic) bond motifs is 1. The van der Waals surface area contributed by atoms with Gasteiger partial charge in [0.25, 0.3) is 0 Å². The lowest BCUT2D eigenvalue weighted by molar-refractivity contribution is -0.121. The minimum Gasteiger partial charge on any atom is -0.394 e. The van der Waals surface area contributed by atoms with E-state index in [2.05, 4.69) is 15.3 Å². The fourth-order valence-electron chi connectivity index (χ4n) is 1.97. The van der Waals surface area contributed by atoms with Crippen molar-refractivity contribution in [1.82, 2.24) is 15.3 Å². The number of aryl methyl sites for hydroxylation is 2. The third kappa shape index (κ3) is 3.32. The molecule has 1 atom stereocenters. The van der Waals surface area contributed by atoms with E-state index in [1.807, 2.05) is 25.1 Å². The number of rotatable bonds is 5. The molecule has 0 saturated carbocycles. The van der Waals surface area contributed by atoms with Gasteiger partial charge in [-0.1, -0.05) is 12.1 Å². The standard InChI is InChI=1S/C14H19N3O2/c1-9-4-3-5-11-14(9)17-12(16-11)6-7-13(19)15-10(2)8-18/h3-5,10,18H,6-8H2,1-2H3,(H,15,19)(H,16,17). The number of benzene rings is 1. The Morgan fingerprint density at radius 2 is 2.32 bits per heavy atom. The Balaban J connectivity index is 1.98. The minimum absolute atomic E-state index is 0.0461. The summed E-state index contributed by atoms with van der Waals surface area (Å²) in [6.07, 6.45) is 0.932. The molecule has 19 heavy (non-hydrogen) atoms. The number of hydrogen-bond acceptors (Lipinski definition) is 3. The number of aromatic amines is 1. The molecule has 1 amide bonds.